The zero-order valence-electron chi connectivity index (χ0n) is 33.1. The summed E-state index contributed by atoms with van der Waals surface area (Å²) in [5, 5.41) is 5.35. The van der Waals surface area contributed by atoms with Gasteiger partial charge in [-0.05, 0) is 71.5 Å². The van der Waals surface area contributed by atoms with Crippen molar-refractivity contribution >= 4 is 49.1 Å². The van der Waals surface area contributed by atoms with Crippen molar-refractivity contribution in [3.63, 3.8) is 0 Å². The van der Waals surface area contributed by atoms with Crippen molar-refractivity contribution in [1.29, 1.82) is 0 Å². The van der Waals surface area contributed by atoms with E-state index in [2.05, 4.69) is 188 Å². The summed E-state index contributed by atoms with van der Waals surface area (Å²) >= 11 is 0. The Balaban J connectivity index is 0.00000408. The Morgan fingerprint density at radius 3 is 2.00 bits per heavy atom. The number of aromatic nitrogens is 4. The molecular formula is C54H36N4OPt. The smallest absolute Gasteiger partial charge is 0.503 e. The molecular weight excluding hydrogens is 916 g/mol. The van der Waals surface area contributed by atoms with Crippen molar-refractivity contribution in [2.24, 2.45) is 0 Å². The molecule has 6 heteroatoms. The number of benzene rings is 7. The van der Waals surface area contributed by atoms with Gasteiger partial charge in [-0.3, -0.25) is 4.98 Å². The van der Waals surface area contributed by atoms with Crippen molar-refractivity contribution in [3.8, 4) is 28.6 Å². The van der Waals surface area contributed by atoms with Gasteiger partial charge in [0.25, 0.3) is 0 Å². The van der Waals surface area contributed by atoms with E-state index in [0.29, 0.717) is 11.5 Å². The minimum atomic E-state index is -0.589. The van der Waals surface area contributed by atoms with Crippen LogP contribution in [-0.2, 0) is 26.5 Å². The number of rotatable bonds is 5. The second kappa shape index (κ2) is 13.6. The first-order valence-electron chi connectivity index (χ1n) is 20.1. The van der Waals surface area contributed by atoms with E-state index in [1.54, 1.807) is 0 Å². The number of ether oxygens (including phenoxy) is 1. The van der Waals surface area contributed by atoms with Crippen LogP contribution in [0.25, 0.3) is 66.2 Å². The first-order valence-corrected chi connectivity index (χ1v) is 20.1. The molecule has 1 aliphatic heterocycles. The molecule has 0 saturated carbocycles. The van der Waals surface area contributed by atoms with E-state index >= 15 is 0 Å². The monoisotopic (exact) mass is 951 g/mol. The quantitative estimate of drug-likeness (QED) is 0.128. The molecule has 0 N–H and O–H groups in total. The number of pyridine rings is 2. The summed E-state index contributed by atoms with van der Waals surface area (Å²) in [6, 6.07) is 61.3. The minimum absolute atomic E-state index is 0. The van der Waals surface area contributed by atoms with Crippen LogP contribution in [0.5, 0.6) is 11.5 Å². The van der Waals surface area contributed by atoms with Gasteiger partial charge in [0.05, 0.1) is 16.8 Å². The summed E-state index contributed by atoms with van der Waals surface area (Å²) in [5.41, 5.74) is 13.9. The Morgan fingerprint density at radius 1 is 0.600 bits per heavy atom. The number of fused-ring (bicyclic) bond motifs is 11. The summed E-state index contributed by atoms with van der Waals surface area (Å²) in [6.07, 6.45) is 4.06. The molecule has 0 saturated heterocycles. The number of para-hydroxylation sites is 2. The molecule has 5 heterocycles. The van der Waals surface area contributed by atoms with Crippen LogP contribution in [0.1, 0.15) is 38.9 Å². The molecule has 0 fully saturated rings. The maximum Gasteiger partial charge on any atom is 2.00 e. The molecule has 5 nitrogen and oxygen atoms in total. The van der Waals surface area contributed by atoms with Crippen LogP contribution in [0, 0.1) is 32.9 Å². The molecule has 0 atom stereocenters. The summed E-state index contributed by atoms with van der Waals surface area (Å²) < 4.78 is 11.2. The SMILES string of the molecule is Cc1cc(C)c(-c2cn3c4ccccc4c4ccc(Oc5[c-]c6c(cc5)c5cccc7c5n6-c5ncccc5C7(c5ccccc5)c5ccccc5)[c-]c4c3n2)c(C)c1.[Pt+2]. The Kier molecular flexibility index (Phi) is 8.24. The summed E-state index contributed by atoms with van der Waals surface area (Å²) in [6.45, 7) is 6.48. The number of nitrogens with zero attached hydrogens (tertiary/aromatic N) is 4. The molecule has 1 aliphatic rings. The van der Waals surface area contributed by atoms with Crippen LogP contribution in [-0.4, -0.2) is 18.9 Å². The third-order valence-electron chi connectivity index (χ3n) is 12.3. The molecule has 11 aromatic rings. The molecule has 0 spiro atoms. The van der Waals surface area contributed by atoms with Gasteiger partial charge in [0.15, 0.2) is 0 Å². The molecule has 0 aliphatic carbocycles. The van der Waals surface area contributed by atoms with E-state index in [1.165, 1.54) is 38.9 Å². The van der Waals surface area contributed by atoms with Gasteiger partial charge in [0, 0.05) is 46.1 Å². The fourth-order valence-corrected chi connectivity index (χ4v) is 10.1. The molecule has 0 bridgehead atoms. The summed E-state index contributed by atoms with van der Waals surface area (Å²) in [4.78, 5) is 10.4. The van der Waals surface area contributed by atoms with Crippen LogP contribution in [0.4, 0.5) is 0 Å². The zero-order chi connectivity index (χ0) is 39.4. The zero-order valence-corrected chi connectivity index (χ0v) is 35.4. The Bertz CT molecular complexity index is 3450. The van der Waals surface area contributed by atoms with E-state index in [9.17, 15) is 0 Å². The van der Waals surface area contributed by atoms with E-state index in [-0.39, 0.29) is 21.1 Å². The van der Waals surface area contributed by atoms with Crippen LogP contribution < -0.4 is 4.74 Å². The molecule has 0 radical (unpaired) electrons. The van der Waals surface area contributed by atoms with E-state index in [0.717, 1.165) is 66.2 Å². The van der Waals surface area contributed by atoms with Crippen molar-refractivity contribution < 1.29 is 25.8 Å². The molecule has 4 aromatic heterocycles. The van der Waals surface area contributed by atoms with Gasteiger partial charge >= 0.3 is 21.1 Å². The molecule has 12 rings (SSSR count). The molecule has 0 amide bonds. The Labute approximate surface area is 361 Å². The van der Waals surface area contributed by atoms with Gasteiger partial charge in [-0.2, -0.15) is 6.07 Å². The maximum atomic E-state index is 6.73. The van der Waals surface area contributed by atoms with Gasteiger partial charge in [0.2, 0.25) is 0 Å². The number of aryl methyl sites for hydroxylation is 3. The molecule has 0 unspecified atom stereocenters. The summed E-state index contributed by atoms with van der Waals surface area (Å²) in [7, 11) is 0. The summed E-state index contributed by atoms with van der Waals surface area (Å²) in [5.74, 6) is 2.08. The molecule has 60 heavy (non-hydrogen) atoms. The topological polar surface area (TPSA) is 44.4 Å². The van der Waals surface area contributed by atoms with Crippen LogP contribution in [0.3, 0.4) is 0 Å². The van der Waals surface area contributed by atoms with Gasteiger partial charge in [0.1, 0.15) is 5.82 Å². The van der Waals surface area contributed by atoms with Crippen molar-refractivity contribution in [3.05, 3.63) is 215 Å². The Morgan fingerprint density at radius 2 is 1.25 bits per heavy atom. The third-order valence-corrected chi connectivity index (χ3v) is 12.3. The second-order valence-electron chi connectivity index (χ2n) is 15.8. The largest absolute Gasteiger partial charge is 2.00 e. The van der Waals surface area contributed by atoms with Gasteiger partial charge in [-0.15, -0.1) is 29.7 Å². The average Bonchev–Trinajstić information content (AvgIpc) is 3.85. The van der Waals surface area contributed by atoms with Crippen LogP contribution in [0.15, 0.2) is 164 Å². The fraction of sp³-hybridized carbons (Fsp3) is 0.0741. The van der Waals surface area contributed by atoms with Gasteiger partial charge < -0.3 is 13.7 Å². The van der Waals surface area contributed by atoms with E-state index < -0.39 is 5.41 Å². The Hall–Kier alpha value is -6.81. The number of imidazole rings is 1. The normalized spacial score (nSPS) is 12.9. The van der Waals surface area contributed by atoms with Gasteiger partial charge in [-0.25, -0.2) is 4.98 Å². The van der Waals surface area contributed by atoms with Crippen molar-refractivity contribution in [2.45, 2.75) is 26.2 Å². The first-order chi connectivity index (χ1) is 29.0. The third kappa shape index (κ3) is 5.09. The van der Waals surface area contributed by atoms with Crippen molar-refractivity contribution in [2.75, 3.05) is 0 Å². The van der Waals surface area contributed by atoms with E-state index in [1.807, 2.05) is 18.3 Å². The van der Waals surface area contributed by atoms with Gasteiger partial charge in [-0.1, -0.05) is 143 Å². The van der Waals surface area contributed by atoms with E-state index in [4.69, 9.17) is 14.7 Å². The average molecular weight is 952 g/mol. The number of hydrogen-bond acceptors (Lipinski definition) is 3. The predicted molar refractivity (Wildman–Crippen MR) is 238 cm³/mol. The first kappa shape index (κ1) is 36.3. The second-order valence-corrected chi connectivity index (χ2v) is 15.8. The maximum absolute atomic E-state index is 6.73. The minimum Gasteiger partial charge on any atom is -0.503 e. The number of hydrogen-bond donors (Lipinski definition) is 0. The van der Waals surface area contributed by atoms with Crippen LogP contribution >= 0.6 is 0 Å². The predicted octanol–water partition coefficient (Wildman–Crippen LogP) is 12.8. The van der Waals surface area contributed by atoms with Crippen molar-refractivity contribution in [1.82, 2.24) is 18.9 Å². The molecule has 288 valence electrons. The van der Waals surface area contributed by atoms with Crippen LogP contribution in [0.2, 0.25) is 0 Å². The fourth-order valence-electron chi connectivity index (χ4n) is 10.1. The standard InChI is InChI=1S/C54H36N4O.Pt/c1-33-28-34(2)50(35(3)29-33)47-32-57-48-22-11-10-18-41(48)40-25-23-38(30-44(40)52(57)56-47)59-39-24-26-42-43-19-12-20-45-51(43)58(49(42)31-39)53-46(21-13-27-55-53)54(45,36-14-6-4-7-15-36)37-16-8-5-9-17-37;/h4-29,32H,1-3H3;/q-2;+2. The molecule has 7 aromatic carbocycles.